The van der Waals surface area contributed by atoms with Gasteiger partial charge in [-0.05, 0) is 11.4 Å². The van der Waals surface area contributed by atoms with Gasteiger partial charge in [-0.3, -0.25) is 0 Å². The number of hydrogen-bond acceptors (Lipinski definition) is 4. The van der Waals surface area contributed by atoms with Gasteiger partial charge in [0, 0.05) is 32.7 Å². The number of nitrogens with one attached hydrogen (secondary N) is 2. The second-order valence-corrected chi connectivity index (χ2v) is 9.41. The van der Waals surface area contributed by atoms with Crippen LogP contribution in [0.15, 0.2) is 22.7 Å². The van der Waals surface area contributed by atoms with Gasteiger partial charge in [0.15, 0.2) is 11.0 Å². The molecule has 25 heavy (non-hydrogen) atoms. The summed E-state index contributed by atoms with van der Waals surface area (Å²) in [4.78, 5) is 4.89. The first-order valence-corrected chi connectivity index (χ1v) is 11.4. The summed E-state index contributed by atoms with van der Waals surface area (Å²) in [5.74, 6) is 2.33. The smallest absolute Gasteiger partial charge is 0.191 e. The first-order chi connectivity index (χ1) is 12.3. The molecule has 0 radical (unpaired) electrons. The van der Waals surface area contributed by atoms with Gasteiger partial charge in [-0.1, -0.05) is 17.8 Å². The molecule has 0 saturated carbocycles. The highest BCUT2D eigenvalue weighted by atomic mass is 32.2. The Morgan fingerprint density at radius 2 is 2.12 bits per heavy atom. The van der Waals surface area contributed by atoms with Crippen LogP contribution in [0.2, 0.25) is 0 Å². The molecule has 2 N–H and O–H groups in total. The summed E-state index contributed by atoms with van der Waals surface area (Å²) in [5, 5.41) is 12.4. The Balaban J connectivity index is 1.37. The molecule has 2 saturated heterocycles. The Labute approximate surface area is 158 Å². The van der Waals surface area contributed by atoms with Crippen molar-refractivity contribution in [2.45, 2.75) is 43.4 Å². The summed E-state index contributed by atoms with van der Waals surface area (Å²) >= 11 is 3.75. The molecule has 5 nitrogen and oxygen atoms in total. The minimum atomic E-state index is 0.498. The summed E-state index contributed by atoms with van der Waals surface area (Å²) in [5.41, 5.74) is 0. The Morgan fingerprint density at radius 1 is 1.24 bits per heavy atom. The lowest BCUT2D eigenvalue weighted by atomic mass is 10.2. The van der Waals surface area contributed by atoms with Crippen LogP contribution in [0.5, 0.6) is 0 Å². The zero-order valence-corrected chi connectivity index (χ0v) is 16.7. The standard InChI is InChI=1S/C18H27N5S2/c1-21-17(16-7-4-10-23(16)14-15-6-5-12-24-15)19-20-18(21)25-13-11-22-8-2-3-9-22/h5-6,12,16H,2-4,7-11,13-14H2,1H3/p+2/t16-/m1/s1. The van der Waals surface area contributed by atoms with Crippen molar-refractivity contribution in [2.75, 3.05) is 31.9 Å². The molecule has 2 aliphatic heterocycles. The fourth-order valence-electron chi connectivity index (χ4n) is 4.24. The van der Waals surface area contributed by atoms with Crippen molar-refractivity contribution >= 4 is 23.1 Å². The van der Waals surface area contributed by atoms with E-state index in [1.165, 1.54) is 62.6 Å². The first kappa shape index (κ1) is 17.5. The second kappa shape index (κ2) is 8.20. The maximum Gasteiger partial charge on any atom is 0.191 e. The average Bonchev–Trinajstić information content (AvgIpc) is 3.38. The van der Waals surface area contributed by atoms with Crippen LogP contribution < -0.4 is 9.80 Å². The van der Waals surface area contributed by atoms with Gasteiger partial charge in [0.2, 0.25) is 0 Å². The van der Waals surface area contributed by atoms with Crippen molar-refractivity contribution in [1.82, 2.24) is 14.8 Å². The van der Waals surface area contributed by atoms with Crippen LogP contribution in [-0.4, -0.2) is 46.7 Å². The van der Waals surface area contributed by atoms with Crippen LogP contribution in [0.1, 0.15) is 42.4 Å². The number of likely N-dealkylation sites (tertiary alicyclic amines) is 2. The highest BCUT2D eigenvalue weighted by Crippen LogP contribution is 2.22. The van der Waals surface area contributed by atoms with Crippen LogP contribution in [0.25, 0.3) is 0 Å². The van der Waals surface area contributed by atoms with Gasteiger partial charge in [0.05, 0.1) is 36.8 Å². The van der Waals surface area contributed by atoms with E-state index in [4.69, 9.17) is 0 Å². The van der Waals surface area contributed by atoms with E-state index in [1.54, 1.807) is 9.80 Å². The molecule has 0 aromatic carbocycles. The number of aromatic nitrogens is 3. The number of nitrogens with zero attached hydrogens (tertiary/aromatic N) is 3. The van der Waals surface area contributed by atoms with E-state index in [9.17, 15) is 0 Å². The van der Waals surface area contributed by atoms with Crippen molar-refractivity contribution in [1.29, 1.82) is 0 Å². The molecule has 4 rings (SSSR count). The van der Waals surface area contributed by atoms with Gasteiger partial charge in [0.25, 0.3) is 0 Å². The van der Waals surface area contributed by atoms with Crippen molar-refractivity contribution < 1.29 is 9.80 Å². The highest BCUT2D eigenvalue weighted by Gasteiger charge is 2.34. The SMILES string of the molecule is Cn1c(SCC[NH+]2CCCC2)nnc1[C@H]1CCC[NH+]1Cc1cccs1. The van der Waals surface area contributed by atoms with Gasteiger partial charge < -0.3 is 14.4 Å². The van der Waals surface area contributed by atoms with Crippen LogP contribution >= 0.6 is 23.1 Å². The molecular weight excluding hydrogens is 350 g/mol. The maximum absolute atomic E-state index is 4.60. The topological polar surface area (TPSA) is 39.6 Å². The monoisotopic (exact) mass is 379 g/mol. The number of thioether (sulfide) groups is 1. The molecule has 0 spiro atoms. The normalized spacial score (nSPS) is 24.4. The van der Waals surface area contributed by atoms with E-state index < -0.39 is 0 Å². The summed E-state index contributed by atoms with van der Waals surface area (Å²) in [6, 6.07) is 4.91. The summed E-state index contributed by atoms with van der Waals surface area (Å²) in [6.45, 7) is 6.33. The molecule has 2 aliphatic rings. The molecule has 2 aromatic rings. The third-order valence-corrected chi connectivity index (χ3v) is 7.54. The zero-order chi connectivity index (χ0) is 17.1. The number of thiophene rings is 1. The van der Waals surface area contributed by atoms with Crippen LogP contribution in [-0.2, 0) is 13.6 Å². The molecule has 0 bridgehead atoms. The molecule has 1 unspecified atom stereocenters. The number of rotatable bonds is 7. The third-order valence-electron chi connectivity index (χ3n) is 5.64. The second-order valence-electron chi connectivity index (χ2n) is 7.31. The van der Waals surface area contributed by atoms with E-state index in [0.717, 1.165) is 17.5 Å². The Hall–Kier alpha value is -0.890. The Bertz CT molecular complexity index is 663. The summed E-state index contributed by atoms with van der Waals surface area (Å²) in [6.07, 6.45) is 5.32. The number of quaternary nitrogens is 2. The molecular formula is C18H29N5S2+2. The van der Waals surface area contributed by atoms with Crippen molar-refractivity contribution in [3.8, 4) is 0 Å². The molecule has 2 atom stereocenters. The zero-order valence-electron chi connectivity index (χ0n) is 15.0. The van der Waals surface area contributed by atoms with Crippen LogP contribution in [0, 0.1) is 0 Å². The average molecular weight is 380 g/mol. The van der Waals surface area contributed by atoms with E-state index in [1.807, 2.05) is 23.1 Å². The lowest BCUT2D eigenvalue weighted by molar-refractivity contribution is -0.932. The Kier molecular flexibility index (Phi) is 5.75. The largest absolute Gasteiger partial charge is 0.334 e. The van der Waals surface area contributed by atoms with E-state index >= 15 is 0 Å². The van der Waals surface area contributed by atoms with Gasteiger partial charge in [-0.2, -0.15) is 0 Å². The molecule has 7 heteroatoms. The minimum Gasteiger partial charge on any atom is -0.334 e. The molecule has 2 fully saturated rings. The van der Waals surface area contributed by atoms with Crippen molar-refractivity contribution in [3.63, 3.8) is 0 Å². The maximum atomic E-state index is 4.60. The number of hydrogen-bond donors (Lipinski definition) is 2. The van der Waals surface area contributed by atoms with Gasteiger partial charge in [-0.15, -0.1) is 21.5 Å². The van der Waals surface area contributed by atoms with E-state index in [-0.39, 0.29) is 0 Å². The van der Waals surface area contributed by atoms with E-state index in [0.29, 0.717) is 6.04 Å². The molecule has 2 aromatic heterocycles. The highest BCUT2D eigenvalue weighted by molar-refractivity contribution is 7.99. The molecule has 0 amide bonds. The fourth-order valence-corrected chi connectivity index (χ4v) is 5.96. The predicted octanol–water partition coefficient (Wildman–Crippen LogP) is 0.567. The lowest BCUT2D eigenvalue weighted by Crippen LogP contribution is -3.10. The minimum absolute atomic E-state index is 0.498. The molecule has 4 heterocycles. The quantitative estimate of drug-likeness (QED) is 0.691. The predicted molar refractivity (Wildman–Crippen MR) is 102 cm³/mol. The van der Waals surface area contributed by atoms with Crippen molar-refractivity contribution in [3.05, 3.63) is 28.2 Å². The van der Waals surface area contributed by atoms with Crippen molar-refractivity contribution in [2.24, 2.45) is 7.05 Å². The fraction of sp³-hybridized carbons (Fsp3) is 0.667. The Morgan fingerprint density at radius 3 is 2.92 bits per heavy atom. The third kappa shape index (κ3) is 4.10. The van der Waals surface area contributed by atoms with Gasteiger partial charge in [0.1, 0.15) is 12.6 Å². The van der Waals surface area contributed by atoms with Crippen LogP contribution in [0.3, 0.4) is 0 Å². The molecule has 136 valence electrons. The van der Waals surface area contributed by atoms with E-state index in [2.05, 4.69) is 39.3 Å². The van der Waals surface area contributed by atoms with Gasteiger partial charge >= 0.3 is 0 Å². The lowest BCUT2D eigenvalue weighted by Gasteiger charge is -2.20. The van der Waals surface area contributed by atoms with Gasteiger partial charge in [-0.25, -0.2) is 0 Å². The molecule has 0 aliphatic carbocycles. The summed E-state index contributed by atoms with van der Waals surface area (Å²) in [7, 11) is 2.15. The summed E-state index contributed by atoms with van der Waals surface area (Å²) < 4.78 is 2.26. The van der Waals surface area contributed by atoms with Crippen LogP contribution in [0.4, 0.5) is 0 Å². The first-order valence-electron chi connectivity index (χ1n) is 9.54.